The van der Waals surface area contributed by atoms with E-state index in [2.05, 4.69) is 28.7 Å². The largest absolute Gasteiger partial charge is 0.497 e. The summed E-state index contributed by atoms with van der Waals surface area (Å²) in [4.78, 5) is 0. The van der Waals surface area contributed by atoms with Crippen LogP contribution in [0.4, 0.5) is 0 Å². The van der Waals surface area contributed by atoms with Gasteiger partial charge in [-0.25, -0.2) is 0 Å². The molecule has 0 amide bonds. The van der Waals surface area contributed by atoms with Gasteiger partial charge in [-0.2, -0.15) is 0 Å². The first-order valence-corrected chi connectivity index (χ1v) is 4.87. The Hall–Kier alpha value is -0.290. The summed E-state index contributed by atoms with van der Waals surface area (Å²) in [7, 11) is 1.68. The third kappa shape index (κ3) is 2.64. The molecule has 0 bridgehead atoms. The van der Waals surface area contributed by atoms with E-state index in [-0.39, 0.29) is 0 Å². The van der Waals surface area contributed by atoms with Crippen molar-refractivity contribution < 1.29 is 4.74 Å². The SMILES string of the molecule is COc1cc(I)cc(CCN)c1. The van der Waals surface area contributed by atoms with Gasteiger partial charge in [-0.15, -0.1) is 0 Å². The number of benzene rings is 1. The summed E-state index contributed by atoms with van der Waals surface area (Å²) in [6.45, 7) is 0.684. The number of rotatable bonds is 3. The highest BCUT2D eigenvalue weighted by molar-refractivity contribution is 14.1. The summed E-state index contributed by atoms with van der Waals surface area (Å²) in [5, 5.41) is 0. The molecule has 0 unspecified atom stereocenters. The highest BCUT2D eigenvalue weighted by Crippen LogP contribution is 2.18. The van der Waals surface area contributed by atoms with Crippen LogP contribution in [0.5, 0.6) is 5.75 Å². The third-order valence-electron chi connectivity index (χ3n) is 1.60. The smallest absolute Gasteiger partial charge is 0.120 e. The quantitative estimate of drug-likeness (QED) is 0.855. The molecule has 0 aliphatic rings. The fourth-order valence-electron chi connectivity index (χ4n) is 1.05. The van der Waals surface area contributed by atoms with Crippen molar-refractivity contribution in [3.63, 3.8) is 0 Å². The van der Waals surface area contributed by atoms with Crippen LogP contribution in [-0.2, 0) is 6.42 Å². The molecule has 0 atom stereocenters. The molecule has 0 saturated carbocycles. The zero-order valence-electron chi connectivity index (χ0n) is 7.01. The van der Waals surface area contributed by atoms with Crippen molar-refractivity contribution in [2.45, 2.75) is 6.42 Å². The lowest BCUT2D eigenvalue weighted by Gasteiger charge is -2.04. The molecule has 2 N–H and O–H groups in total. The van der Waals surface area contributed by atoms with E-state index in [9.17, 15) is 0 Å². The molecular weight excluding hydrogens is 265 g/mol. The van der Waals surface area contributed by atoms with Gasteiger partial charge < -0.3 is 10.5 Å². The molecule has 66 valence electrons. The first kappa shape index (κ1) is 9.80. The lowest BCUT2D eigenvalue weighted by Crippen LogP contribution is -2.03. The summed E-state index contributed by atoms with van der Waals surface area (Å²) < 4.78 is 6.33. The van der Waals surface area contributed by atoms with Crippen LogP contribution in [0.1, 0.15) is 5.56 Å². The number of ether oxygens (including phenoxy) is 1. The minimum atomic E-state index is 0.684. The summed E-state index contributed by atoms with van der Waals surface area (Å²) in [5.74, 6) is 0.908. The van der Waals surface area contributed by atoms with Gasteiger partial charge in [-0.1, -0.05) is 0 Å². The maximum Gasteiger partial charge on any atom is 0.120 e. The van der Waals surface area contributed by atoms with Gasteiger partial charge in [0.25, 0.3) is 0 Å². The molecule has 0 heterocycles. The highest BCUT2D eigenvalue weighted by atomic mass is 127. The molecule has 0 spiro atoms. The van der Waals surface area contributed by atoms with Crippen molar-refractivity contribution in [2.24, 2.45) is 5.73 Å². The van der Waals surface area contributed by atoms with E-state index in [0.29, 0.717) is 6.54 Å². The normalized spacial score (nSPS) is 9.92. The van der Waals surface area contributed by atoms with Crippen LogP contribution in [0, 0.1) is 3.57 Å². The molecule has 2 nitrogen and oxygen atoms in total. The Morgan fingerprint density at radius 1 is 1.42 bits per heavy atom. The monoisotopic (exact) mass is 277 g/mol. The van der Waals surface area contributed by atoms with Crippen molar-refractivity contribution in [2.75, 3.05) is 13.7 Å². The van der Waals surface area contributed by atoms with E-state index < -0.39 is 0 Å². The van der Waals surface area contributed by atoms with Gasteiger partial charge in [0, 0.05) is 3.57 Å². The Morgan fingerprint density at radius 2 is 2.17 bits per heavy atom. The second-order valence-corrected chi connectivity index (χ2v) is 3.78. The fraction of sp³-hybridized carbons (Fsp3) is 0.333. The Labute approximate surface area is 86.2 Å². The summed E-state index contributed by atoms with van der Waals surface area (Å²) in [6, 6.07) is 6.14. The summed E-state index contributed by atoms with van der Waals surface area (Å²) in [6.07, 6.45) is 0.910. The average molecular weight is 277 g/mol. The first-order valence-electron chi connectivity index (χ1n) is 3.80. The van der Waals surface area contributed by atoms with Gasteiger partial charge >= 0.3 is 0 Å². The zero-order chi connectivity index (χ0) is 8.97. The maximum atomic E-state index is 5.46. The van der Waals surface area contributed by atoms with Crippen LogP contribution < -0.4 is 10.5 Å². The second kappa shape index (κ2) is 4.67. The minimum Gasteiger partial charge on any atom is -0.497 e. The second-order valence-electron chi connectivity index (χ2n) is 2.54. The lowest BCUT2D eigenvalue weighted by molar-refractivity contribution is 0.414. The van der Waals surface area contributed by atoms with Crippen LogP contribution in [0.15, 0.2) is 18.2 Å². The fourth-order valence-corrected chi connectivity index (χ4v) is 1.76. The predicted molar refractivity (Wildman–Crippen MR) is 58.5 cm³/mol. The van der Waals surface area contributed by atoms with Crippen molar-refractivity contribution in [1.82, 2.24) is 0 Å². The molecule has 0 aliphatic carbocycles. The van der Waals surface area contributed by atoms with Gasteiger partial charge in [-0.3, -0.25) is 0 Å². The number of nitrogens with two attached hydrogens (primary N) is 1. The third-order valence-corrected chi connectivity index (χ3v) is 2.22. The topological polar surface area (TPSA) is 35.2 Å². The molecular formula is C9H12INO. The van der Waals surface area contributed by atoms with Gasteiger partial charge in [0.2, 0.25) is 0 Å². The number of halogens is 1. The van der Waals surface area contributed by atoms with Gasteiger partial charge in [0.05, 0.1) is 7.11 Å². The van der Waals surface area contributed by atoms with E-state index in [1.807, 2.05) is 12.1 Å². The molecule has 0 aliphatic heterocycles. The summed E-state index contributed by atoms with van der Waals surface area (Å²) >= 11 is 2.27. The molecule has 1 aromatic rings. The lowest BCUT2D eigenvalue weighted by atomic mass is 10.1. The Kier molecular flexibility index (Phi) is 3.81. The van der Waals surface area contributed by atoms with Crippen LogP contribution in [0.3, 0.4) is 0 Å². The summed E-state index contributed by atoms with van der Waals surface area (Å²) in [5.41, 5.74) is 6.70. The molecule has 3 heteroatoms. The van der Waals surface area contributed by atoms with Crippen molar-refractivity contribution >= 4 is 22.6 Å². The molecule has 0 fully saturated rings. The molecule has 0 saturated heterocycles. The van der Waals surface area contributed by atoms with E-state index >= 15 is 0 Å². The van der Waals surface area contributed by atoms with Crippen molar-refractivity contribution in [1.29, 1.82) is 0 Å². The molecule has 1 aromatic carbocycles. The first-order chi connectivity index (χ1) is 5.76. The van der Waals surface area contributed by atoms with E-state index in [0.717, 1.165) is 12.2 Å². The van der Waals surface area contributed by atoms with E-state index in [4.69, 9.17) is 10.5 Å². The highest BCUT2D eigenvalue weighted by Gasteiger charge is 1.97. The van der Waals surface area contributed by atoms with Gasteiger partial charge in [0.15, 0.2) is 0 Å². The van der Waals surface area contributed by atoms with Crippen LogP contribution in [0.2, 0.25) is 0 Å². The van der Waals surface area contributed by atoms with Crippen molar-refractivity contribution in [3.8, 4) is 5.75 Å². The standard InChI is InChI=1S/C9H12INO/c1-12-9-5-7(2-3-11)4-8(10)6-9/h4-6H,2-3,11H2,1H3. The van der Waals surface area contributed by atoms with Crippen LogP contribution in [0.25, 0.3) is 0 Å². The Morgan fingerprint density at radius 3 is 2.75 bits per heavy atom. The van der Waals surface area contributed by atoms with Crippen LogP contribution >= 0.6 is 22.6 Å². The molecule has 1 rings (SSSR count). The predicted octanol–water partition coefficient (Wildman–Crippen LogP) is 1.80. The minimum absolute atomic E-state index is 0.684. The van der Waals surface area contributed by atoms with Crippen molar-refractivity contribution in [3.05, 3.63) is 27.3 Å². The molecule has 0 radical (unpaired) electrons. The molecule has 12 heavy (non-hydrogen) atoms. The van der Waals surface area contributed by atoms with E-state index in [1.165, 1.54) is 9.13 Å². The number of hydrogen-bond acceptors (Lipinski definition) is 2. The van der Waals surface area contributed by atoms with E-state index in [1.54, 1.807) is 7.11 Å². The maximum absolute atomic E-state index is 5.46. The van der Waals surface area contributed by atoms with Crippen LogP contribution in [-0.4, -0.2) is 13.7 Å². The zero-order valence-corrected chi connectivity index (χ0v) is 9.17. The average Bonchev–Trinajstić information content (AvgIpc) is 2.04. The Bertz CT molecular complexity index is 263. The molecule has 0 aromatic heterocycles. The number of methoxy groups -OCH3 is 1. The Balaban J connectivity index is 2.90. The van der Waals surface area contributed by atoms with Gasteiger partial charge in [0.1, 0.15) is 5.75 Å². The van der Waals surface area contributed by atoms with Gasteiger partial charge in [-0.05, 0) is 59.3 Å². The number of hydrogen-bond donors (Lipinski definition) is 1.